The van der Waals surface area contributed by atoms with Gasteiger partial charge in [0.2, 0.25) is 5.79 Å². The monoisotopic (exact) mass is 274 g/mol. The molecule has 4 heteroatoms. The molecule has 1 fully saturated rings. The smallest absolute Gasteiger partial charge is 0.228 e. The average molecular weight is 274 g/mol. The maximum atomic E-state index is 5.65. The lowest BCUT2D eigenvalue weighted by atomic mass is 9.86. The van der Waals surface area contributed by atoms with Crippen molar-refractivity contribution in [2.75, 3.05) is 0 Å². The van der Waals surface area contributed by atoms with Crippen LogP contribution in [0.25, 0.3) is 0 Å². The van der Waals surface area contributed by atoms with Crippen molar-refractivity contribution < 1.29 is 19.6 Å². The molecular weight excluding hydrogens is 244 g/mol. The Kier molecular flexibility index (Phi) is 5.41. The highest BCUT2D eigenvalue weighted by molar-refractivity contribution is 4.77. The molecule has 0 aromatic heterocycles. The topological polar surface area (TPSA) is 36.9 Å². The second-order valence-electron chi connectivity index (χ2n) is 7.67. The third kappa shape index (κ3) is 6.70. The predicted octanol–water partition coefficient (Wildman–Crippen LogP) is 4.39. The summed E-state index contributed by atoms with van der Waals surface area (Å²) in [5.74, 6) is -0.237. The van der Waals surface area contributed by atoms with Crippen LogP contribution < -0.4 is 0 Å². The van der Waals surface area contributed by atoms with Crippen LogP contribution in [-0.4, -0.2) is 17.0 Å². The van der Waals surface area contributed by atoms with E-state index in [1.165, 1.54) is 6.42 Å². The van der Waals surface area contributed by atoms with Crippen LogP contribution in [0.4, 0.5) is 0 Å². The molecule has 1 rings (SSSR count). The molecule has 0 aromatic rings. The van der Waals surface area contributed by atoms with Crippen LogP contribution in [0.15, 0.2) is 0 Å². The SMILES string of the molecule is CC1CCCC(OOC(C)(C)C)(OOC(C)(C)C)C1. The zero-order valence-electron chi connectivity index (χ0n) is 13.5. The fourth-order valence-corrected chi connectivity index (χ4v) is 2.02. The maximum Gasteiger partial charge on any atom is 0.234 e. The van der Waals surface area contributed by atoms with E-state index < -0.39 is 5.79 Å². The Hall–Kier alpha value is -0.160. The van der Waals surface area contributed by atoms with Crippen molar-refractivity contribution in [1.29, 1.82) is 0 Å². The van der Waals surface area contributed by atoms with Gasteiger partial charge >= 0.3 is 0 Å². The van der Waals surface area contributed by atoms with E-state index in [4.69, 9.17) is 19.6 Å². The van der Waals surface area contributed by atoms with Crippen molar-refractivity contribution in [3.63, 3.8) is 0 Å². The highest BCUT2D eigenvalue weighted by Gasteiger charge is 2.42. The molecular formula is C15H30O4. The average Bonchev–Trinajstić information content (AvgIpc) is 2.22. The first kappa shape index (κ1) is 16.9. The van der Waals surface area contributed by atoms with Crippen LogP contribution >= 0.6 is 0 Å². The first-order valence-corrected chi connectivity index (χ1v) is 7.25. The minimum Gasteiger partial charge on any atom is -0.228 e. The van der Waals surface area contributed by atoms with Crippen molar-refractivity contribution in [2.45, 2.75) is 91.1 Å². The van der Waals surface area contributed by atoms with E-state index in [9.17, 15) is 0 Å². The Morgan fingerprint density at radius 3 is 1.74 bits per heavy atom. The molecule has 1 unspecified atom stereocenters. The Balaban J connectivity index is 2.66. The summed E-state index contributed by atoms with van der Waals surface area (Å²) in [6.45, 7) is 13.9. The molecule has 1 saturated carbocycles. The second-order valence-corrected chi connectivity index (χ2v) is 7.67. The van der Waals surface area contributed by atoms with Crippen LogP contribution in [-0.2, 0) is 19.6 Å². The van der Waals surface area contributed by atoms with Crippen molar-refractivity contribution in [3.8, 4) is 0 Å². The van der Waals surface area contributed by atoms with Crippen LogP contribution in [0, 0.1) is 5.92 Å². The molecule has 0 bridgehead atoms. The number of hydrogen-bond donors (Lipinski definition) is 0. The molecule has 0 N–H and O–H groups in total. The molecule has 1 aliphatic carbocycles. The Bertz CT molecular complexity index is 257. The highest BCUT2D eigenvalue weighted by Crippen LogP contribution is 2.38. The lowest BCUT2D eigenvalue weighted by Crippen LogP contribution is -2.44. The largest absolute Gasteiger partial charge is 0.234 e. The first-order chi connectivity index (χ1) is 8.52. The second kappa shape index (κ2) is 6.08. The van der Waals surface area contributed by atoms with Crippen LogP contribution in [0.5, 0.6) is 0 Å². The van der Waals surface area contributed by atoms with Gasteiger partial charge in [0.05, 0.1) is 11.2 Å². The molecule has 19 heavy (non-hydrogen) atoms. The highest BCUT2D eigenvalue weighted by atomic mass is 17.3. The molecule has 0 aromatic carbocycles. The standard InChI is InChI=1S/C15H30O4/c1-12-9-8-10-15(11-12,18-16-13(2,3)4)19-17-14(5,6)7/h12H,8-11H2,1-7H3. The van der Waals surface area contributed by atoms with Crippen LogP contribution in [0.2, 0.25) is 0 Å². The van der Waals surface area contributed by atoms with E-state index in [1.54, 1.807) is 0 Å². The van der Waals surface area contributed by atoms with Gasteiger partial charge in [-0.2, -0.15) is 9.78 Å². The van der Waals surface area contributed by atoms with E-state index in [-0.39, 0.29) is 11.2 Å². The van der Waals surface area contributed by atoms with Gasteiger partial charge in [0.25, 0.3) is 0 Å². The van der Waals surface area contributed by atoms with Crippen LogP contribution in [0.3, 0.4) is 0 Å². The fraction of sp³-hybridized carbons (Fsp3) is 1.00. The first-order valence-electron chi connectivity index (χ1n) is 7.25. The summed E-state index contributed by atoms with van der Waals surface area (Å²) in [4.78, 5) is 22.3. The third-order valence-electron chi connectivity index (χ3n) is 2.80. The molecule has 0 spiro atoms. The third-order valence-corrected chi connectivity index (χ3v) is 2.80. The molecule has 1 aliphatic rings. The van der Waals surface area contributed by atoms with Crippen molar-refractivity contribution in [2.24, 2.45) is 5.92 Å². The van der Waals surface area contributed by atoms with Gasteiger partial charge in [0.15, 0.2) is 0 Å². The van der Waals surface area contributed by atoms with Crippen molar-refractivity contribution in [1.82, 2.24) is 0 Å². The van der Waals surface area contributed by atoms with Crippen molar-refractivity contribution >= 4 is 0 Å². The quantitative estimate of drug-likeness (QED) is 0.433. The van der Waals surface area contributed by atoms with E-state index in [0.717, 1.165) is 19.3 Å². The maximum absolute atomic E-state index is 5.65. The van der Waals surface area contributed by atoms with E-state index in [2.05, 4.69) is 6.92 Å². The molecule has 0 heterocycles. The normalized spacial score (nSPS) is 24.5. The van der Waals surface area contributed by atoms with E-state index >= 15 is 0 Å². The summed E-state index contributed by atoms with van der Waals surface area (Å²) in [5.41, 5.74) is -0.725. The molecule has 0 radical (unpaired) electrons. The predicted molar refractivity (Wildman–Crippen MR) is 74.2 cm³/mol. The summed E-state index contributed by atoms with van der Waals surface area (Å²) < 4.78 is 0. The minimum absolute atomic E-state index is 0.362. The molecule has 1 atom stereocenters. The summed E-state index contributed by atoms with van der Waals surface area (Å²) in [7, 11) is 0. The Labute approximate surface area is 117 Å². The van der Waals surface area contributed by atoms with Gasteiger partial charge in [-0.05, 0) is 53.9 Å². The van der Waals surface area contributed by atoms with E-state index in [1.807, 2.05) is 41.5 Å². The summed E-state index contributed by atoms with van der Waals surface area (Å²) in [5, 5.41) is 0. The van der Waals surface area contributed by atoms with Gasteiger partial charge < -0.3 is 0 Å². The van der Waals surface area contributed by atoms with Crippen LogP contribution in [0.1, 0.15) is 74.1 Å². The van der Waals surface area contributed by atoms with Crippen molar-refractivity contribution in [3.05, 3.63) is 0 Å². The zero-order chi connectivity index (χ0) is 14.7. The lowest BCUT2D eigenvalue weighted by molar-refractivity contribution is -0.547. The van der Waals surface area contributed by atoms with Gasteiger partial charge in [-0.25, -0.2) is 9.78 Å². The molecule has 0 aliphatic heterocycles. The Morgan fingerprint density at radius 1 is 0.895 bits per heavy atom. The summed E-state index contributed by atoms with van der Waals surface area (Å²) in [6, 6.07) is 0. The minimum atomic E-state index is -0.780. The fourth-order valence-electron chi connectivity index (χ4n) is 2.02. The number of hydrogen-bond acceptors (Lipinski definition) is 4. The Morgan fingerprint density at radius 2 is 1.37 bits per heavy atom. The number of rotatable bonds is 4. The van der Waals surface area contributed by atoms with Gasteiger partial charge in [-0.15, -0.1) is 0 Å². The van der Waals surface area contributed by atoms with Gasteiger partial charge in [0.1, 0.15) is 0 Å². The van der Waals surface area contributed by atoms with Gasteiger partial charge in [0, 0.05) is 12.8 Å². The molecule has 4 nitrogen and oxygen atoms in total. The molecule has 0 saturated heterocycles. The van der Waals surface area contributed by atoms with E-state index in [0.29, 0.717) is 5.92 Å². The lowest BCUT2D eigenvalue weighted by Gasteiger charge is -2.39. The summed E-state index contributed by atoms with van der Waals surface area (Å²) in [6.07, 6.45) is 3.84. The summed E-state index contributed by atoms with van der Waals surface area (Å²) >= 11 is 0. The molecule has 114 valence electrons. The zero-order valence-corrected chi connectivity index (χ0v) is 13.5. The van der Waals surface area contributed by atoms with Gasteiger partial charge in [-0.1, -0.05) is 13.3 Å². The van der Waals surface area contributed by atoms with Gasteiger partial charge in [-0.3, -0.25) is 0 Å². The molecule has 0 amide bonds.